The Morgan fingerprint density at radius 3 is 2.55 bits per heavy atom. The zero-order valence-corrected chi connectivity index (χ0v) is 6.81. The summed E-state index contributed by atoms with van der Waals surface area (Å²) in [5, 5.41) is 3.04. The largest absolute Gasteiger partial charge is 0.386 e. The van der Waals surface area contributed by atoms with Crippen LogP contribution in [0.2, 0.25) is 0 Å². The van der Waals surface area contributed by atoms with Crippen molar-refractivity contribution in [3.63, 3.8) is 0 Å². The lowest BCUT2D eigenvalue weighted by Crippen LogP contribution is -2.08. The van der Waals surface area contributed by atoms with Gasteiger partial charge in [0.15, 0.2) is 0 Å². The fourth-order valence-corrected chi connectivity index (χ4v) is 0.991. The van der Waals surface area contributed by atoms with Crippen molar-refractivity contribution in [2.75, 3.05) is 17.8 Å². The van der Waals surface area contributed by atoms with Crippen molar-refractivity contribution in [1.29, 1.82) is 0 Å². The Morgan fingerprint density at radius 1 is 1.27 bits per heavy atom. The molecular weight excluding hydrogens is 138 g/mol. The first-order chi connectivity index (χ1) is 5.27. The van der Waals surface area contributed by atoms with Crippen LogP contribution in [0.4, 0.5) is 11.4 Å². The van der Waals surface area contributed by atoms with E-state index in [0.717, 1.165) is 11.4 Å². The molecule has 11 heavy (non-hydrogen) atoms. The summed E-state index contributed by atoms with van der Waals surface area (Å²) in [5.41, 5.74) is 5.76. The van der Waals surface area contributed by atoms with Gasteiger partial charge in [-0.05, 0) is 24.6 Å². The summed E-state index contributed by atoms with van der Waals surface area (Å²) < 4.78 is 0. The molecule has 0 amide bonds. The Hall–Kier alpha value is -1.22. The Kier molecular flexibility index (Phi) is 2.33. The third-order valence-corrected chi connectivity index (χ3v) is 1.60. The topological polar surface area (TPSA) is 50.1 Å². The van der Waals surface area contributed by atoms with E-state index >= 15 is 0 Å². The van der Waals surface area contributed by atoms with Gasteiger partial charge in [-0.15, -0.1) is 0 Å². The van der Waals surface area contributed by atoms with E-state index in [4.69, 9.17) is 5.84 Å². The van der Waals surface area contributed by atoms with Crippen LogP contribution < -0.4 is 16.6 Å². The van der Waals surface area contributed by atoms with Crippen LogP contribution in [0.3, 0.4) is 0 Å². The standard InChI is InChI=1S/C8H13N3/c1-6-3-4-7(11-9)8(5-6)10-2/h3-5,10-11H,9H2,1-2H3. The van der Waals surface area contributed by atoms with Crippen LogP contribution in [-0.2, 0) is 0 Å². The molecule has 0 fully saturated rings. The average Bonchev–Trinajstić information content (AvgIpc) is 2.04. The van der Waals surface area contributed by atoms with Gasteiger partial charge >= 0.3 is 0 Å². The van der Waals surface area contributed by atoms with Crippen molar-refractivity contribution in [2.24, 2.45) is 5.84 Å². The fraction of sp³-hybridized carbons (Fsp3) is 0.250. The predicted octanol–water partition coefficient (Wildman–Crippen LogP) is 1.32. The summed E-state index contributed by atoms with van der Waals surface area (Å²) in [6.07, 6.45) is 0. The lowest BCUT2D eigenvalue weighted by Gasteiger charge is -2.08. The van der Waals surface area contributed by atoms with Crippen LogP contribution >= 0.6 is 0 Å². The smallest absolute Gasteiger partial charge is 0.0718 e. The first kappa shape index (κ1) is 7.88. The number of hydrogen-bond acceptors (Lipinski definition) is 3. The van der Waals surface area contributed by atoms with Gasteiger partial charge in [0, 0.05) is 7.05 Å². The van der Waals surface area contributed by atoms with Crippen molar-refractivity contribution in [2.45, 2.75) is 6.92 Å². The number of hydrazine groups is 1. The second-order valence-electron chi connectivity index (χ2n) is 2.44. The maximum absolute atomic E-state index is 5.29. The van der Waals surface area contributed by atoms with Gasteiger partial charge in [-0.2, -0.15) is 0 Å². The normalized spacial score (nSPS) is 9.36. The number of anilines is 2. The van der Waals surface area contributed by atoms with Gasteiger partial charge in [0.25, 0.3) is 0 Å². The van der Waals surface area contributed by atoms with Gasteiger partial charge in [0.2, 0.25) is 0 Å². The molecule has 0 saturated heterocycles. The molecule has 3 nitrogen and oxygen atoms in total. The minimum absolute atomic E-state index is 0.915. The summed E-state index contributed by atoms with van der Waals surface area (Å²) >= 11 is 0. The summed E-state index contributed by atoms with van der Waals surface area (Å²) in [6.45, 7) is 2.04. The van der Waals surface area contributed by atoms with Crippen LogP contribution in [-0.4, -0.2) is 7.05 Å². The van der Waals surface area contributed by atoms with Crippen LogP contribution in [0.5, 0.6) is 0 Å². The SMILES string of the molecule is CNc1cc(C)ccc1NN. The molecule has 0 aliphatic heterocycles. The molecule has 60 valence electrons. The molecule has 0 atom stereocenters. The zero-order chi connectivity index (χ0) is 8.27. The monoisotopic (exact) mass is 151 g/mol. The molecule has 0 aliphatic rings. The zero-order valence-electron chi connectivity index (χ0n) is 6.81. The molecule has 1 aromatic carbocycles. The van der Waals surface area contributed by atoms with Crippen molar-refractivity contribution < 1.29 is 0 Å². The van der Waals surface area contributed by atoms with Crippen LogP contribution in [0.15, 0.2) is 18.2 Å². The van der Waals surface area contributed by atoms with E-state index in [2.05, 4.69) is 10.7 Å². The number of aryl methyl sites for hydroxylation is 1. The first-order valence-electron chi connectivity index (χ1n) is 3.53. The van der Waals surface area contributed by atoms with Gasteiger partial charge in [0.05, 0.1) is 11.4 Å². The lowest BCUT2D eigenvalue weighted by molar-refractivity contribution is 1.32. The maximum Gasteiger partial charge on any atom is 0.0718 e. The molecule has 1 rings (SSSR count). The molecular formula is C8H13N3. The number of nitrogen functional groups attached to an aromatic ring is 1. The molecule has 0 heterocycles. The molecule has 0 bridgehead atoms. The van der Waals surface area contributed by atoms with Crippen LogP contribution in [0.1, 0.15) is 5.56 Å². The molecule has 0 unspecified atom stereocenters. The van der Waals surface area contributed by atoms with Gasteiger partial charge in [-0.1, -0.05) is 6.07 Å². The van der Waals surface area contributed by atoms with E-state index in [1.807, 2.05) is 32.2 Å². The first-order valence-corrected chi connectivity index (χ1v) is 3.53. The minimum Gasteiger partial charge on any atom is -0.386 e. The predicted molar refractivity (Wildman–Crippen MR) is 48.5 cm³/mol. The van der Waals surface area contributed by atoms with Gasteiger partial charge < -0.3 is 10.7 Å². The fourth-order valence-electron chi connectivity index (χ4n) is 0.991. The third-order valence-electron chi connectivity index (χ3n) is 1.60. The second-order valence-corrected chi connectivity index (χ2v) is 2.44. The molecule has 0 radical (unpaired) electrons. The summed E-state index contributed by atoms with van der Waals surface area (Å²) in [7, 11) is 1.87. The molecule has 0 aromatic heterocycles. The van der Waals surface area contributed by atoms with Gasteiger partial charge in [0.1, 0.15) is 0 Å². The molecule has 3 heteroatoms. The van der Waals surface area contributed by atoms with Crippen LogP contribution in [0.25, 0.3) is 0 Å². The quantitative estimate of drug-likeness (QED) is 0.441. The van der Waals surface area contributed by atoms with Crippen molar-refractivity contribution in [1.82, 2.24) is 0 Å². The number of hydrogen-bond donors (Lipinski definition) is 3. The number of benzene rings is 1. The van der Waals surface area contributed by atoms with Crippen molar-refractivity contribution in [3.8, 4) is 0 Å². The van der Waals surface area contributed by atoms with E-state index in [1.165, 1.54) is 5.56 Å². The Morgan fingerprint density at radius 2 is 2.00 bits per heavy atom. The molecule has 0 saturated carbocycles. The Labute approximate surface area is 66.6 Å². The van der Waals surface area contributed by atoms with E-state index in [1.54, 1.807) is 0 Å². The Balaban J connectivity index is 3.06. The number of rotatable bonds is 2. The molecule has 1 aromatic rings. The second kappa shape index (κ2) is 3.25. The highest BCUT2D eigenvalue weighted by molar-refractivity contribution is 5.68. The van der Waals surface area contributed by atoms with Crippen molar-refractivity contribution in [3.05, 3.63) is 23.8 Å². The highest BCUT2D eigenvalue weighted by Crippen LogP contribution is 2.20. The summed E-state index contributed by atoms with van der Waals surface area (Å²) in [5.74, 6) is 5.29. The van der Waals surface area contributed by atoms with E-state index in [9.17, 15) is 0 Å². The molecule has 0 aliphatic carbocycles. The van der Waals surface area contributed by atoms with Gasteiger partial charge in [-0.25, -0.2) is 0 Å². The third kappa shape index (κ3) is 1.62. The summed E-state index contributed by atoms with van der Waals surface area (Å²) in [6, 6.07) is 5.99. The molecule has 0 spiro atoms. The Bertz CT molecular complexity index is 245. The molecule has 4 N–H and O–H groups in total. The number of nitrogens with one attached hydrogen (secondary N) is 2. The van der Waals surface area contributed by atoms with E-state index < -0.39 is 0 Å². The maximum atomic E-state index is 5.29. The van der Waals surface area contributed by atoms with E-state index in [0.29, 0.717) is 0 Å². The summed E-state index contributed by atoms with van der Waals surface area (Å²) in [4.78, 5) is 0. The highest BCUT2D eigenvalue weighted by Gasteiger charge is 1.96. The van der Waals surface area contributed by atoms with Crippen LogP contribution in [0, 0.1) is 6.92 Å². The van der Waals surface area contributed by atoms with Gasteiger partial charge in [-0.3, -0.25) is 5.84 Å². The highest BCUT2D eigenvalue weighted by atomic mass is 15.2. The van der Waals surface area contributed by atoms with E-state index in [-0.39, 0.29) is 0 Å². The van der Waals surface area contributed by atoms with Crippen molar-refractivity contribution >= 4 is 11.4 Å². The lowest BCUT2D eigenvalue weighted by atomic mass is 10.2. The minimum atomic E-state index is 0.915. The average molecular weight is 151 g/mol. The number of nitrogens with two attached hydrogens (primary N) is 1.